The Bertz CT molecular complexity index is 418. The minimum Gasteiger partial charge on any atom is -0.461 e. The van der Waals surface area contributed by atoms with Crippen molar-refractivity contribution in [3.05, 3.63) is 34.9 Å². The standard InChI is InChI=1S/C13H16ClNO3/c14-11-4-2-1-3-10(11)12(15)13(16)18-9-5-7-17-8-6-9/h1-4,9,12H,5-8,15H2/t12-/m1/s1. The van der Waals surface area contributed by atoms with E-state index in [0.29, 0.717) is 23.8 Å². The van der Waals surface area contributed by atoms with Crippen LogP contribution in [0.25, 0.3) is 0 Å². The van der Waals surface area contributed by atoms with E-state index in [1.165, 1.54) is 0 Å². The van der Waals surface area contributed by atoms with Gasteiger partial charge in [-0.1, -0.05) is 29.8 Å². The maximum atomic E-state index is 11.9. The van der Waals surface area contributed by atoms with Crippen LogP contribution in [0.15, 0.2) is 24.3 Å². The lowest BCUT2D eigenvalue weighted by Gasteiger charge is -2.24. The molecule has 1 saturated heterocycles. The Morgan fingerprint density at radius 1 is 1.39 bits per heavy atom. The van der Waals surface area contributed by atoms with E-state index in [-0.39, 0.29) is 6.10 Å². The molecule has 2 N–H and O–H groups in total. The lowest BCUT2D eigenvalue weighted by Crippen LogP contribution is -2.31. The van der Waals surface area contributed by atoms with Gasteiger partial charge in [0.25, 0.3) is 0 Å². The highest BCUT2D eigenvalue weighted by atomic mass is 35.5. The van der Waals surface area contributed by atoms with Gasteiger partial charge >= 0.3 is 5.97 Å². The quantitative estimate of drug-likeness (QED) is 0.854. The van der Waals surface area contributed by atoms with Crippen LogP contribution in [-0.2, 0) is 14.3 Å². The lowest BCUT2D eigenvalue weighted by atomic mass is 10.1. The van der Waals surface area contributed by atoms with Crippen LogP contribution in [0.4, 0.5) is 0 Å². The van der Waals surface area contributed by atoms with Crippen LogP contribution in [0.5, 0.6) is 0 Å². The molecule has 5 heteroatoms. The molecule has 98 valence electrons. The number of esters is 1. The average molecular weight is 270 g/mol. The minimum atomic E-state index is -0.832. The van der Waals surface area contributed by atoms with Crippen molar-refractivity contribution in [1.82, 2.24) is 0 Å². The zero-order valence-corrected chi connectivity index (χ0v) is 10.7. The Hall–Kier alpha value is -1.10. The molecule has 1 atom stereocenters. The summed E-state index contributed by atoms with van der Waals surface area (Å²) in [6.45, 7) is 1.25. The fraction of sp³-hybridized carbons (Fsp3) is 0.462. The largest absolute Gasteiger partial charge is 0.461 e. The number of nitrogens with two attached hydrogens (primary N) is 1. The second kappa shape index (κ2) is 6.18. The zero-order chi connectivity index (χ0) is 13.0. The molecule has 1 heterocycles. The molecule has 2 rings (SSSR count). The van der Waals surface area contributed by atoms with Crippen LogP contribution in [0.3, 0.4) is 0 Å². The number of halogens is 1. The van der Waals surface area contributed by atoms with Crippen molar-refractivity contribution >= 4 is 17.6 Å². The van der Waals surface area contributed by atoms with Crippen LogP contribution in [-0.4, -0.2) is 25.3 Å². The van der Waals surface area contributed by atoms with Gasteiger partial charge in [-0.15, -0.1) is 0 Å². The normalized spacial score (nSPS) is 18.3. The van der Waals surface area contributed by atoms with Crippen molar-refractivity contribution < 1.29 is 14.3 Å². The summed E-state index contributed by atoms with van der Waals surface area (Å²) in [5.41, 5.74) is 6.46. The van der Waals surface area contributed by atoms with E-state index in [2.05, 4.69) is 0 Å². The van der Waals surface area contributed by atoms with Gasteiger partial charge in [0.15, 0.2) is 0 Å². The fourth-order valence-corrected chi connectivity index (χ4v) is 2.14. The Kier molecular flexibility index (Phi) is 4.58. The Morgan fingerprint density at radius 3 is 2.72 bits per heavy atom. The van der Waals surface area contributed by atoms with Gasteiger partial charge in [-0.25, -0.2) is 4.79 Å². The summed E-state index contributed by atoms with van der Waals surface area (Å²) in [7, 11) is 0. The lowest BCUT2D eigenvalue weighted by molar-refractivity contribution is -0.154. The molecule has 1 aliphatic rings. The van der Waals surface area contributed by atoms with E-state index < -0.39 is 12.0 Å². The molecule has 0 radical (unpaired) electrons. The molecule has 0 saturated carbocycles. The maximum Gasteiger partial charge on any atom is 0.327 e. The van der Waals surface area contributed by atoms with Crippen LogP contribution in [0, 0.1) is 0 Å². The second-order valence-electron chi connectivity index (χ2n) is 4.25. The topological polar surface area (TPSA) is 61.6 Å². The fourth-order valence-electron chi connectivity index (χ4n) is 1.89. The summed E-state index contributed by atoms with van der Waals surface area (Å²) in [5.74, 6) is -0.435. The molecule has 0 aliphatic carbocycles. The van der Waals surface area contributed by atoms with Crippen molar-refractivity contribution in [2.24, 2.45) is 5.73 Å². The molecule has 0 amide bonds. The number of rotatable bonds is 3. The summed E-state index contributed by atoms with van der Waals surface area (Å²) in [6, 6.07) is 6.20. The van der Waals surface area contributed by atoms with E-state index in [4.69, 9.17) is 26.8 Å². The van der Waals surface area contributed by atoms with Crippen molar-refractivity contribution in [1.29, 1.82) is 0 Å². The SMILES string of the molecule is N[C@@H](C(=O)OC1CCOCC1)c1ccccc1Cl. The molecule has 1 fully saturated rings. The van der Waals surface area contributed by atoms with Gasteiger partial charge in [-0.3, -0.25) is 0 Å². The summed E-state index contributed by atoms with van der Waals surface area (Å²) in [5, 5.41) is 0.480. The van der Waals surface area contributed by atoms with Crippen molar-refractivity contribution in [3.8, 4) is 0 Å². The number of carbonyl (C=O) groups excluding carboxylic acids is 1. The monoisotopic (exact) mass is 269 g/mol. The zero-order valence-electron chi connectivity index (χ0n) is 9.97. The summed E-state index contributed by atoms with van der Waals surface area (Å²) in [4.78, 5) is 11.9. The second-order valence-corrected chi connectivity index (χ2v) is 4.66. The minimum absolute atomic E-state index is 0.0974. The maximum absolute atomic E-state index is 11.9. The number of ether oxygens (including phenoxy) is 2. The Balaban J connectivity index is 1.98. The van der Waals surface area contributed by atoms with Gasteiger partial charge in [0.1, 0.15) is 12.1 Å². The van der Waals surface area contributed by atoms with E-state index in [1.807, 2.05) is 0 Å². The smallest absolute Gasteiger partial charge is 0.327 e. The number of carbonyl (C=O) groups is 1. The first kappa shape index (κ1) is 13.3. The predicted molar refractivity (Wildman–Crippen MR) is 68.3 cm³/mol. The molecule has 18 heavy (non-hydrogen) atoms. The molecule has 1 aromatic carbocycles. The van der Waals surface area contributed by atoms with Crippen molar-refractivity contribution in [3.63, 3.8) is 0 Å². The van der Waals surface area contributed by atoms with E-state index in [0.717, 1.165) is 12.8 Å². The van der Waals surface area contributed by atoms with Crippen LogP contribution >= 0.6 is 11.6 Å². The van der Waals surface area contributed by atoms with E-state index in [1.54, 1.807) is 24.3 Å². The summed E-state index contributed by atoms with van der Waals surface area (Å²) in [6.07, 6.45) is 1.35. The van der Waals surface area contributed by atoms with Crippen LogP contribution in [0.1, 0.15) is 24.4 Å². The predicted octanol–water partition coefficient (Wildman–Crippen LogP) is 2.06. The molecular weight excluding hydrogens is 254 g/mol. The van der Waals surface area contributed by atoms with Gasteiger partial charge in [0.2, 0.25) is 0 Å². The molecule has 1 aliphatic heterocycles. The molecule has 0 unspecified atom stereocenters. The van der Waals surface area contributed by atoms with Gasteiger partial charge in [0, 0.05) is 17.9 Å². The van der Waals surface area contributed by atoms with E-state index >= 15 is 0 Å². The van der Waals surface area contributed by atoms with Crippen molar-refractivity contribution in [2.45, 2.75) is 25.0 Å². The Labute approximate surface area is 111 Å². The molecule has 0 aromatic heterocycles. The van der Waals surface area contributed by atoms with Gasteiger partial charge < -0.3 is 15.2 Å². The third-order valence-electron chi connectivity index (χ3n) is 2.95. The molecular formula is C13H16ClNO3. The summed E-state index contributed by atoms with van der Waals surface area (Å²) >= 11 is 6.00. The van der Waals surface area contributed by atoms with Gasteiger partial charge in [-0.2, -0.15) is 0 Å². The van der Waals surface area contributed by atoms with Crippen LogP contribution in [0.2, 0.25) is 5.02 Å². The van der Waals surface area contributed by atoms with Crippen LogP contribution < -0.4 is 5.73 Å². The van der Waals surface area contributed by atoms with Crippen molar-refractivity contribution in [2.75, 3.05) is 13.2 Å². The third kappa shape index (κ3) is 3.22. The average Bonchev–Trinajstić information content (AvgIpc) is 2.39. The number of hydrogen-bond acceptors (Lipinski definition) is 4. The van der Waals surface area contributed by atoms with Gasteiger partial charge in [0.05, 0.1) is 13.2 Å². The highest BCUT2D eigenvalue weighted by molar-refractivity contribution is 6.31. The first-order valence-corrected chi connectivity index (χ1v) is 6.34. The number of benzene rings is 1. The molecule has 4 nitrogen and oxygen atoms in total. The summed E-state index contributed by atoms with van der Waals surface area (Å²) < 4.78 is 10.6. The Morgan fingerprint density at radius 2 is 2.06 bits per heavy atom. The first-order chi connectivity index (χ1) is 8.68. The molecule has 0 spiro atoms. The van der Waals surface area contributed by atoms with Gasteiger partial charge in [-0.05, 0) is 11.6 Å². The highest BCUT2D eigenvalue weighted by Crippen LogP contribution is 2.23. The third-order valence-corrected chi connectivity index (χ3v) is 3.29. The molecule has 1 aromatic rings. The highest BCUT2D eigenvalue weighted by Gasteiger charge is 2.24. The molecule has 0 bridgehead atoms. The van der Waals surface area contributed by atoms with E-state index in [9.17, 15) is 4.79 Å². The number of hydrogen-bond donors (Lipinski definition) is 1. The first-order valence-electron chi connectivity index (χ1n) is 5.96.